The fourth-order valence-electron chi connectivity index (χ4n) is 3.22. The Kier molecular flexibility index (Phi) is 6.60. The number of nitrogens with zero attached hydrogens (tertiary/aromatic N) is 1. The molecule has 0 saturated carbocycles. The maximum atomic E-state index is 12.3. The lowest BCUT2D eigenvalue weighted by Gasteiger charge is -2.31. The third-order valence-electron chi connectivity index (χ3n) is 4.56. The van der Waals surface area contributed by atoms with E-state index < -0.39 is 10.0 Å². The number of rotatable bonds is 7. The lowest BCUT2D eigenvalue weighted by Crippen LogP contribution is -2.46. The molecule has 0 aliphatic carbocycles. The van der Waals surface area contributed by atoms with E-state index in [4.69, 9.17) is 0 Å². The standard InChI is InChI=1S/C20H25N3O3S/c24-20(21-18-9-5-2-6-10-18)15-23-13-11-19(12-14-23)22-27(25,26)16-17-7-3-1-4-8-17/h1-10,19,22H,11-16H2,(H,21,24). The molecular weight excluding hydrogens is 362 g/mol. The van der Waals surface area contributed by atoms with Crippen LogP contribution in [0.3, 0.4) is 0 Å². The smallest absolute Gasteiger partial charge is 0.238 e. The molecule has 6 nitrogen and oxygen atoms in total. The van der Waals surface area contributed by atoms with Crippen LogP contribution in [0.25, 0.3) is 0 Å². The number of benzene rings is 2. The molecule has 27 heavy (non-hydrogen) atoms. The minimum Gasteiger partial charge on any atom is -0.325 e. The van der Waals surface area contributed by atoms with Crippen LogP contribution in [0.1, 0.15) is 18.4 Å². The molecule has 0 atom stereocenters. The number of nitrogens with one attached hydrogen (secondary N) is 2. The Morgan fingerprint density at radius 1 is 0.963 bits per heavy atom. The predicted octanol–water partition coefficient (Wildman–Crippen LogP) is 2.21. The highest BCUT2D eigenvalue weighted by atomic mass is 32.2. The summed E-state index contributed by atoms with van der Waals surface area (Å²) in [5.74, 6) is -0.0580. The van der Waals surface area contributed by atoms with E-state index in [0.717, 1.165) is 11.3 Å². The third kappa shape index (κ3) is 6.46. The van der Waals surface area contributed by atoms with E-state index in [1.54, 1.807) is 0 Å². The van der Waals surface area contributed by atoms with Crippen molar-refractivity contribution in [2.45, 2.75) is 24.6 Å². The van der Waals surface area contributed by atoms with E-state index >= 15 is 0 Å². The summed E-state index contributed by atoms with van der Waals surface area (Å²) in [6.07, 6.45) is 1.40. The number of anilines is 1. The van der Waals surface area contributed by atoms with Crippen molar-refractivity contribution in [1.82, 2.24) is 9.62 Å². The van der Waals surface area contributed by atoms with Crippen LogP contribution >= 0.6 is 0 Å². The summed E-state index contributed by atoms with van der Waals surface area (Å²) in [4.78, 5) is 14.2. The zero-order chi connectivity index (χ0) is 19.1. The summed E-state index contributed by atoms with van der Waals surface area (Å²) in [5, 5.41) is 2.87. The highest BCUT2D eigenvalue weighted by Crippen LogP contribution is 2.13. The summed E-state index contributed by atoms with van der Waals surface area (Å²) >= 11 is 0. The number of hydrogen-bond acceptors (Lipinski definition) is 4. The van der Waals surface area contributed by atoms with Gasteiger partial charge in [0.1, 0.15) is 0 Å². The Morgan fingerprint density at radius 2 is 1.56 bits per heavy atom. The molecule has 7 heteroatoms. The van der Waals surface area contributed by atoms with Gasteiger partial charge < -0.3 is 5.32 Å². The van der Waals surface area contributed by atoms with E-state index in [0.29, 0.717) is 32.5 Å². The van der Waals surface area contributed by atoms with Gasteiger partial charge in [-0.1, -0.05) is 48.5 Å². The first-order valence-electron chi connectivity index (χ1n) is 9.11. The summed E-state index contributed by atoms with van der Waals surface area (Å²) < 4.78 is 27.5. The molecule has 0 bridgehead atoms. The van der Waals surface area contributed by atoms with Gasteiger partial charge in [-0.3, -0.25) is 9.69 Å². The van der Waals surface area contributed by atoms with Gasteiger partial charge in [-0.2, -0.15) is 0 Å². The fraction of sp³-hybridized carbons (Fsp3) is 0.350. The number of sulfonamides is 1. The highest BCUT2D eigenvalue weighted by Gasteiger charge is 2.24. The minimum absolute atomic E-state index is 0.00641. The summed E-state index contributed by atoms with van der Waals surface area (Å²) in [5.41, 5.74) is 1.56. The highest BCUT2D eigenvalue weighted by molar-refractivity contribution is 7.88. The van der Waals surface area contributed by atoms with Crippen LogP contribution in [0, 0.1) is 0 Å². The van der Waals surface area contributed by atoms with Gasteiger partial charge in [0, 0.05) is 24.8 Å². The monoisotopic (exact) mass is 387 g/mol. The molecule has 2 aromatic rings. The Bertz CT molecular complexity index is 833. The molecule has 2 N–H and O–H groups in total. The predicted molar refractivity (Wildman–Crippen MR) is 107 cm³/mol. The maximum absolute atomic E-state index is 12.3. The average molecular weight is 388 g/mol. The van der Waals surface area contributed by atoms with Crippen molar-refractivity contribution in [2.24, 2.45) is 0 Å². The van der Waals surface area contributed by atoms with E-state index in [-0.39, 0.29) is 17.7 Å². The van der Waals surface area contributed by atoms with Crippen LogP contribution in [0.2, 0.25) is 0 Å². The average Bonchev–Trinajstić information content (AvgIpc) is 2.64. The van der Waals surface area contributed by atoms with Gasteiger partial charge >= 0.3 is 0 Å². The summed E-state index contributed by atoms with van der Waals surface area (Å²) in [7, 11) is -3.36. The van der Waals surface area contributed by atoms with Crippen molar-refractivity contribution in [1.29, 1.82) is 0 Å². The Labute approximate surface area is 160 Å². The van der Waals surface area contributed by atoms with Gasteiger partial charge in [-0.15, -0.1) is 0 Å². The first-order chi connectivity index (χ1) is 13.0. The first kappa shape index (κ1) is 19.5. The zero-order valence-electron chi connectivity index (χ0n) is 15.2. The maximum Gasteiger partial charge on any atom is 0.238 e. The van der Waals surface area contributed by atoms with Gasteiger partial charge in [-0.25, -0.2) is 13.1 Å². The van der Waals surface area contributed by atoms with Gasteiger partial charge in [0.05, 0.1) is 12.3 Å². The lowest BCUT2D eigenvalue weighted by atomic mass is 10.1. The normalized spacial score (nSPS) is 16.1. The Balaban J connectivity index is 1.42. The number of amides is 1. The van der Waals surface area contributed by atoms with Crippen LogP contribution in [0.15, 0.2) is 60.7 Å². The van der Waals surface area contributed by atoms with E-state index in [9.17, 15) is 13.2 Å². The second-order valence-electron chi connectivity index (χ2n) is 6.83. The molecule has 0 radical (unpaired) electrons. The van der Waals surface area contributed by atoms with Gasteiger partial charge in [0.15, 0.2) is 0 Å². The molecule has 0 aromatic heterocycles. The molecule has 0 spiro atoms. The molecule has 1 fully saturated rings. The van der Waals surface area contributed by atoms with Gasteiger partial charge in [0.25, 0.3) is 0 Å². The summed E-state index contributed by atoms with van der Waals surface area (Å²) in [6.45, 7) is 1.71. The van der Waals surface area contributed by atoms with Crippen molar-refractivity contribution in [3.8, 4) is 0 Å². The lowest BCUT2D eigenvalue weighted by molar-refractivity contribution is -0.117. The third-order valence-corrected chi connectivity index (χ3v) is 5.96. The van der Waals surface area contributed by atoms with Crippen LogP contribution in [0.4, 0.5) is 5.69 Å². The van der Waals surface area contributed by atoms with Crippen molar-refractivity contribution < 1.29 is 13.2 Å². The van der Waals surface area contributed by atoms with Gasteiger partial charge in [0.2, 0.25) is 15.9 Å². The minimum atomic E-state index is -3.36. The number of carbonyl (C=O) groups excluding carboxylic acids is 1. The van der Waals surface area contributed by atoms with Crippen LogP contribution in [-0.4, -0.2) is 44.9 Å². The van der Waals surface area contributed by atoms with Crippen molar-refractivity contribution in [2.75, 3.05) is 25.0 Å². The molecular formula is C20H25N3O3S. The van der Waals surface area contributed by atoms with Crippen LogP contribution in [0.5, 0.6) is 0 Å². The molecule has 1 amide bonds. The van der Waals surface area contributed by atoms with Gasteiger partial charge in [-0.05, 0) is 30.5 Å². The Morgan fingerprint density at radius 3 is 2.19 bits per heavy atom. The number of carbonyl (C=O) groups is 1. The molecule has 144 valence electrons. The van der Waals surface area contributed by atoms with Crippen LogP contribution in [-0.2, 0) is 20.6 Å². The van der Waals surface area contributed by atoms with Crippen LogP contribution < -0.4 is 10.0 Å². The quantitative estimate of drug-likeness (QED) is 0.764. The van der Waals surface area contributed by atoms with E-state index in [1.807, 2.05) is 60.7 Å². The number of likely N-dealkylation sites (tertiary alicyclic amines) is 1. The number of piperidine rings is 1. The van der Waals surface area contributed by atoms with E-state index in [2.05, 4.69) is 14.9 Å². The number of para-hydroxylation sites is 1. The SMILES string of the molecule is O=C(CN1CCC(NS(=O)(=O)Cc2ccccc2)CC1)Nc1ccccc1. The molecule has 2 aromatic carbocycles. The summed E-state index contributed by atoms with van der Waals surface area (Å²) in [6, 6.07) is 18.5. The molecule has 0 unspecified atom stereocenters. The largest absolute Gasteiger partial charge is 0.325 e. The van der Waals surface area contributed by atoms with Crippen molar-refractivity contribution >= 4 is 21.6 Å². The molecule has 1 aliphatic heterocycles. The van der Waals surface area contributed by atoms with Crippen molar-refractivity contribution in [3.05, 3.63) is 66.2 Å². The topological polar surface area (TPSA) is 78.5 Å². The number of hydrogen-bond donors (Lipinski definition) is 2. The molecule has 1 aliphatic rings. The molecule has 1 saturated heterocycles. The molecule has 3 rings (SSSR count). The van der Waals surface area contributed by atoms with E-state index in [1.165, 1.54) is 0 Å². The zero-order valence-corrected chi connectivity index (χ0v) is 16.0. The molecule has 1 heterocycles. The second-order valence-corrected chi connectivity index (χ2v) is 8.58. The van der Waals surface area contributed by atoms with Crippen molar-refractivity contribution in [3.63, 3.8) is 0 Å². The second kappa shape index (κ2) is 9.12. The first-order valence-corrected chi connectivity index (χ1v) is 10.8. The Hall–Kier alpha value is -2.22. The fourth-order valence-corrected chi connectivity index (χ4v) is 4.68.